The fraction of sp³-hybridized carbons (Fsp3) is 1.00. The zero-order valence-electron chi connectivity index (χ0n) is 8.52. The topological polar surface area (TPSA) is 15.3 Å². The van der Waals surface area contributed by atoms with E-state index < -0.39 is 0 Å². The second-order valence-corrected chi connectivity index (χ2v) is 3.50. The minimum absolute atomic E-state index is 0.585. The largest absolute Gasteiger partial charge is 0.255 e. The molecule has 68 valence electrons. The van der Waals surface area contributed by atoms with Crippen LogP contribution in [0.1, 0.15) is 41.0 Å². The van der Waals surface area contributed by atoms with Gasteiger partial charge in [0.1, 0.15) is 0 Å². The van der Waals surface area contributed by atoms with Crippen molar-refractivity contribution >= 4 is 0 Å². The molecule has 0 saturated carbocycles. The van der Waals surface area contributed by atoms with E-state index in [0.717, 1.165) is 6.54 Å². The number of hydrazine groups is 1. The Morgan fingerprint density at radius 1 is 1.09 bits per heavy atom. The molecule has 0 radical (unpaired) electrons. The van der Waals surface area contributed by atoms with Gasteiger partial charge in [0.15, 0.2) is 0 Å². The van der Waals surface area contributed by atoms with Gasteiger partial charge in [-0.2, -0.15) is 0 Å². The first-order valence-electron chi connectivity index (χ1n) is 4.61. The average molecular weight is 158 g/mol. The van der Waals surface area contributed by atoms with Gasteiger partial charge in [0.2, 0.25) is 0 Å². The molecule has 0 aliphatic rings. The molecule has 0 unspecified atom stereocenters. The van der Waals surface area contributed by atoms with E-state index in [-0.39, 0.29) is 0 Å². The maximum Gasteiger partial charge on any atom is 0.0189 e. The molecule has 0 aliphatic carbocycles. The van der Waals surface area contributed by atoms with Crippen molar-refractivity contribution in [2.75, 3.05) is 6.54 Å². The quantitative estimate of drug-likeness (QED) is 0.616. The summed E-state index contributed by atoms with van der Waals surface area (Å²) in [5, 5.41) is 2.30. The van der Waals surface area contributed by atoms with Crippen LogP contribution in [0, 0.1) is 0 Å². The lowest BCUT2D eigenvalue weighted by Gasteiger charge is -2.30. The lowest BCUT2D eigenvalue weighted by Crippen LogP contribution is -2.47. The Hall–Kier alpha value is -0.0800. The zero-order valence-corrected chi connectivity index (χ0v) is 8.52. The predicted molar refractivity (Wildman–Crippen MR) is 50.4 cm³/mol. The van der Waals surface area contributed by atoms with Crippen molar-refractivity contribution in [1.29, 1.82) is 0 Å². The second-order valence-electron chi connectivity index (χ2n) is 3.50. The molecule has 2 nitrogen and oxygen atoms in total. The van der Waals surface area contributed by atoms with Gasteiger partial charge in [-0.25, -0.2) is 5.01 Å². The van der Waals surface area contributed by atoms with Crippen LogP contribution in [0.2, 0.25) is 0 Å². The Labute approximate surface area is 70.9 Å². The molecule has 0 rings (SSSR count). The summed E-state index contributed by atoms with van der Waals surface area (Å²) >= 11 is 0. The maximum atomic E-state index is 3.40. The molecular weight excluding hydrogens is 136 g/mol. The molecule has 0 atom stereocenters. The van der Waals surface area contributed by atoms with Crippen LogP contribution in [-0.2, 0) is 0 Å². The molecule has 0 aromatic carbocycles. The van der Waals surface area contributed by atoms with Gasteiger partial charge < -0.3 is 0 Å². The predicted octanol–water partition coefficient (Wildman–Crippen LogP) is 2.02. The number of nitrogens with one attached hydrogen (secondary N) is 1. The molecule has 0 saturated heterocycles. The monoisotopic (exact) mass is 158 g/mol. The van der Waals surface area contributed by atoms with Crippen molar-refractivity contribution in [2.45, 2.75) is 53.1 Å². The van der Waals surface area contributed by atoms with Crippen LogP contribution in [0.15, 0.2) is 0 Å². The van der Waals surface area contributed by atoms with Crippen LogP contribution in [-0.4, -0.2) is 23.6 Å². The fourth-order valence-electron chi connectivity index (χ4n) is 1.20. The third-order valence-corrected chi connectivity index (χ3v) is 1.66. The summed E-state index contributed by atoms with van der Waals surface area (Å²) in [6, 6.07) is 1.17. The summed E-state index contributed by atoms with van der Waals surface area (Å²) in [5.41, 5.74) is 3.40. The molecule has 0 spiro atoms. The van der Waals surface area contributed by atoms with Gasteiger partial charge in [-0.05, 0) is 34.1 Å². The average Bonchev–Trinajstić information content (AvgIpc) is 1.87. The van der Waals surface area contributed by atoms with Gasteiger partial charge >= 0.3 is 0 Å². The highest BCUT2D eigenvalue weighted by atomic mass is 15.5. The third-order valence-electron chi connectivity index (χ3n) is 1.66. The van der Waals surface area contributed by atoms with Gasteiger partial charge in [0.05, 0.1) is 0 Å². The summed E-state index contributed by atoms with van der Waals surface area (Å²) < 4.78 is 0. The van der Waals surface area contributed by atoms with E-state index in [9.17, 15) is 0 Å². The molecule has 0 bridgehead atoms. The van der Waals surface area contributed by atoms with E-state index in [2.05, 4.69) is 45.1 Å². The van der Waals surface area contributed by atoms with Crippen LogP contribution in [0.25, 0.3) is 0 Å². The van der Waals surface area contributed by atoms with Gasteiger partial charge in [0.25, 0.3) is 0 Å². The minimum atomic E-state index is 0.585. The Morgan fingerprint density at radius 3 is 1.82 bits per heavy atom. The Bertz CT molecular complexity index is 81.6. The summed E-state index contributed by atoms with van der Waals surface area (Å²) in [7, 11) is 0. The van der Waals surface area contributed by atoms with E-state index >= 15 is 0 Å². The summed E-state index contributed by atoms with van der Waals surface area (Å²) in [5.74, 6) is 0. The Morgan fingerprint density at radius 2 is 1.55 bits per heavy atom. The normalized spacial score (nSPS) is 12.0. The number of nitrogens with zero attached hydrogens (tertiary/aromatic N) is 1. The SMILES string of the molecule is CCCNN(C(C)C)C(C)C. The lowest BCUT2D eigenvalue weighted by molar-refractivity contribution is 0.103. The van der Waals surface area contributed by atoms with E-state index in [1.165, 1.54) is 6.42 Å². The molecule has 0 aliphatic heterocycles. The lowest BCUT2D eigenvalue weighted by atomic mass is 10.3. The second kappa shape index (κ2) is 5.56. The van der Waals surface area contributed by atoms with Crippen molar-refractivity contribution in [3.63, 3.8) is 0 Å². The van der Waals surface area contributed by atoms with Crippen molar-refractivity contribution in [3.8, 4) is 0 Å². The number of hydrogen-bond acceptors (Lipinski definition) is 2. The van der Waals surface area contributed by atoms with Crippen LogP contribution in [0.3, 0.4) is 0 Å². The maximum absolute atomic E-state index is 3.40. The fourth-order valence-corrected chi connectivity index (χ4v) is 1.20. The van der Waals surface area contributed by atoms with Crippen LogP contribution in [0.4, 0.5) is 0 Å². The Balaban J connectivity index is 3.70. The van der Waals surface area contributed by atoms with Gasteiger partial charge in [-0.15, -0.1) is 0 Å². The summed E-state index contributed by atoms with van der Waals surface area (Å²) in [6.45, 7) is 12.1. The van der Waals surface area contributed by atoms with Gasteiger partial charge in [0, 0.05) is 18.6 Å². The first-order chi connectivity index (χ1) is 5.09. The number of rotatable bonds is 5. The molecule has 0 amide bonds. The first kappa shape index (κ1) is 10.9. The van der Waals surface area contributed by atoms with E-state index in [1.54, 1.807) is 0 Å². The molecule has 1 N–H and O–H groups in total. The molecule has 0 fully saturated rings. The van der Waals surface area contributed by atoms with Crippen molar-refractivity contribution in [3.05, 3.63) is 0 Å². The summed E-state index contributed by atoms with van der Waals surface area (Å²) in [4.78, 5) is 0. The standard InChI is InChI=1S/C9H22N2/c1-6-7-10-11(8(2)3)9(4)5/h8-10H,6-7H2,1-5H3. The zero-order chi connectivity index (χ0) is 8.85. The number of hydrogen-bond donors (Lipinski definition) is 1. The smallest absolute Gasteiger partial charge is 0.0189 e. The van der Waals surface area contributed by atoms with Crippen LogP contribution >= 0.6 is 0 Å². The molecule has 11 heavy (non-hydrogen) atoms. The van der Waals surface area contributed by atoms with Crippen molar-refractivity contribution < 1.29 is 0 Å². The van der Waals surface area contributed by atoms with Crippen LogP contribution < -0.4 is 5.43 Å². The van der Waals surface area contributed by atoms with Gasteiger partial charge in [-0.3, -0.25) is 5.43 Å². The van der Waals surface area contributed by atoms with Crippen molar-refractivity contribution in [2.24, 2.45) is 0 Å². The highest BCUT2D eigenvalue weighted by Gasteiger charge is 2.10. The van der Waals surface area contributed by atoms with E-state index in [0.29, 0.717) is 12.1 Å². The molecular formula is C9H22N2. The van der Waals surface area contributed by atoms with Gasteiger partial charge in [-0.1, -0.05) is 6.92 Å². The molecule has 0 aromatic rings. The molecule has 0 heterocycles. The highest BCUT2D eigenvalue weighted by Crippen LogP contribution is 1.99. The molecule has 2 heteroatoms. The Kier molecular flexibility index (Phi) is 5.51. The van der Waals surface area contributed by atoms with E-state index in [1.807, 2.05) is 0 Å². The van der Waals surface area contributed by atoms with E-state index in [4.69, 9.17) is 0 Å². The third kappa shape index (κ3) is 4.38. The minimum Gasteiger partial charge on any atom is -0.255 e. The molecule has 0 aromatic heterocycles. The van der Waals surface area contributed by atoms with Crippen LogP contribution in [0.5, 0.6) is 0 Å². The summed E-state index contributed by atoms with van der Waals surface area (Å²) in [6.07, 6.45) is 1.19. The van der Waals surface area contributed by atoms with Crippen molar-refractivity contribution in [1.82, 2.24) is 10.4 Å². The first-order valence-corrected chi connectivity index (χ1v) is 4.61. The highest BCUT2D eigenvalue weighted by molar-refractivity contribution is 4.61.